The van der Waals surface area contributed by atoms with Gasteiger partial charge in [0.05, 0.1) is 17.3 Å². The van der Waals surface area contributed by atoms with E-state index < -0.39 is 0 Å². The molecule has 0 unspecified atom stereocenters. The minimum atomic E-state index is -0.0846. The molecule has 154 valence electrons. The topological polar surface area (TPSA) is 66.7 Å². The number of fused-ring (bicyclic) bond motifs is 2. The van der Waals surface area contributed by atoms with Crippen LogP contribution in [0, 0.1) is 12.8 Å². The quantitative estimate of drug-likeness (QED) is 0.729. The lowest BCUT2D eigenvalue weighted by Crippen LogP contribution is -2.41. The second-order valence-corrected chi connectivity index (χ2v) is 8.58. The predicted molar refractivity (Wildman–Crippen MR) is 114 cm³/mol. The number of nitrogens with zero attached hydrogens (tertiary/aromatic N) is 3. The fourth-order valence-electron chi connectivity index (χ4n) is 4.76. The van der Waals surface area contributed by atoms with Gasteiger partial charge in [-0.25, -0.2) is 4.52 Å². The average Bonchev–Trinajstić information content (AvgIpc) is 3.37. The van der Waals surface area contributed by atoms with Crippen LogP contribution in [-0.4, -0.2) is 32.4 Å². The van der Waals surface area contributed by atoms with Crippen molar-refractivity contribution >= 4 is 17.3 Å². The van der Waals surface area contributed by atoms with Gasteiger partial charge in [0.1, 0.15) is 0 Å². The number of aryl methyl sites for hydroxylation is 1. The highest BCUT2D eigenvalue weighted by molar-refractivity contribution is 6.00. The summed E-state index contributed by atoms with van der Waals surface area (Å²) in [6, 6.07) is 12.3. The van der Waals surface area contributed by atoms with Crippen LogP contribution in [-0.2, 0) is 17.9 Å². The Morgan fingerprint density at radius 2 is 1.70 bits per heavy atom. The lowest BCUT2D eigenvalue weighted by molar-refractivity contribution is -0.137. The molecule has 1 N–H and O–H groups in total. The van der Waals surface area contributed by atoms with Crippen molar-refractivity contribution < 1.29 is 9.59 Å². The summed E-state index contributed by atoms with van der Waals surface area (Å²) in [4.78, 5) is 27.8. The Bertz CT molecular complexity index is 1090. The highest BCUT2D eigenvalue weighted by atomic mass is 16.2. The lowest BCUT2D eigenvalue weighted by Gasteiger charge is -2.30. The molecule has 0 atom stereocenters. The molecule has 3 heterocycles. The predicted octanol–water partition coefficient (Wildman–Crippen LogP) is 3.47. The molecular formula is C24H26N4O2. The van der Waals surface area contributed by atoms with Crippen molar-refractivity contribution in [2.45, 2.75) is 51.7 Å². The lowest BCUT2D eigenvalue weighted by atomic mass is 9.85. The highest BCUT2D eigenvalue weighted by Gasteiger charge is 2.32. The number of hydrogen-bond acceptors (Lipinski definition) is 3. The maximum absolute atomic E-state index is 13.0. The first-order valence-electron chi connectivity index (χ1n) is 10.7. The third-order valence-corrected chi connectivity index (χ3v) is 6.47. The molecule has 0 spiro atoms. The molecule has 6 nitrogen and oxygen atoms in total. The highest BCUT2D eigenvalue weighted by Crippen LogP contribution is 2.30. The van der Waals surface area contributed by atoms with Gasteiger partial charge in [-0.15, -0.1) is 0 Å². The van der Waals surface area contributed by atoms with Crippen molar-refractivity contribution in [2.24, 2.45) is 5.92 Å². The summed E-state index contributed by atoms with van der Waals surface area (Å²) in [5.74, 6) is 0.236. The summed E-state index contributed by atoms with van der Waals surface area (Å²) >= 11 is 0. The first-order chi connectivity index (χ1) is 14.6. The van der Waals surface area contributed by atoms with Crippen LogP contribution in [0.4, 0.5) is 0 Å². The van der Waals surface area contributed by atoms with Crippen LogP contribution < -0.4 is 5.32 Å². The molecule has 2 aliphatic rings. The Morgan fingerprint density at radius 3 is 2.40 bits per heavy atom. The van der Waals surface area contributed by atoms with Gasteiger partial charge in [0.25, 0.3) is 5.91 Å². The van der Waals surface area contributed by atoms with Crippen LogP contribution in [0.1, 0.15) is 52.7 Å². The molecule has 1 saturated carbocycles. The first-order valence-corrected chi connectivity index (χ1v) is 10.7. The third-order valence-electron chi connectivity index (χ3n) is 6.47. The van der Waals surface area contributed by atoms with Crippen molar-refractivity contribution in [1.82, 2.24) is 19.8 Å². The number of hydrogen-bond donors (Lipinski definition) is 1. The third kappa shape index (κ3) is 3.47. The molecule has 1 aliphatic heterocycles. The Labute approximate surface area is 175 Å². The maximum Gasteiger partial charge on any atom is 0.255 e. The van der Waals surface area contributed by atoms with E-state index in [0.29, 0.717) is 5.56 Å². The Morgan fingerprint density at radius 1 is 1.00 bits per heavy atom. The molecule has 0 bridgehead atoms. The zero-order chi connectivity index (χ0) is 20.7. The first kappa shape index (κ1) is 18.9. The fraction of sp³-hybridized carbons (Fsp3) is 0.375. The number of benzene rings is 1. The largest absolute Gasteiger partial charge is 0.349 e. The van der Waals surface area contributed by atoms with Crippen molar-refractivity contribution in [1.29, 1.82) is 0 Å². The van der Waals surface area contributed by atoms with Crippen LogP contribution in [0.15, 0.2) is 48.8 Å². The summed E-state index contributed by atoms with van der Waals surface area (Å²) in [6.45, 7) is 3.45. The van der Waals surface area contributed by atoms with Crippen LogP contribution in [0.25, 0.3) is 5.52 Å². The zero-order valence-corrected chi connectivity index (χ0v) is 17.2. The molecule has 3 aromatic rings. The van der Waals surface area contributed by atoms with Gasteiger partial charge in [-0.1, -0.05) is 30.3 Å². The van der Waals surface area contributed by atoms with Gasteiger partial charge in [0.15, 0.2) is 0 Å². The normalized spacial score (nSPS) is 20.9. The minimum absolute atomic E-state index is 0.0624. The van der Waals surface area contributed by atoms with Gasteiger partial charge < -0.3 is 10.2 Å². The van der Waals surface area contributed by atoms with Gasteiger partial charge in [0, 0.05) is 31.2 Å². The summed E-state index contributed by atoms with van der Waals surface area (Å²) in [7, 11) is 0. The Hall–Kier alpha value is -3.15. The number of carbonyl (C=O) groups is 2. The summed E-state index contributed by atoms with van der Waals surface area (Å²) in [5, 5.41) is 7.45. The van der Waals surface area contributed by atoms with E-state index in [-0.39, 0.29) is 23.8 Å². The second-order valence-electron chi connectivity index (χ2n) is 8.58. The van der Waals surface area contributed by atoms with Crippen LogP contribution in [0.5, 0.6) is 0 Å². The van der Waals surface area contributed by atoms with Crippen LogP contribution in [0.3, 0.4) is 0 Å². The second kappa shape index (κ2) is 7.59. The molecule has 0 saturated heterocycles. The Kier molecular flexibility index (Phi) is 4.77. The van der Waals surface area contributed by atoms with Gasteiger partial charge in [-0.2, -0.15) is 5.10 Å². The van der Waals surface area contributed by atoms with E-state index in [1.54, 1.807) is 10.7 Å². The monoisotopic (exact) mass is 402 g/mol. The van der Waals surface area contributed by atoms with E-state index in [1.165, 1.54) is 11.1 Å². The number of carbonyl (C=O) groups excluding carboxylic acids is 2. The molecule has 1 fully saturated rings. The number of amides is 2. The Balaban J connectivity index is 1.17. The summed E-state index contributed by atoms with van der Waals surface area (Å²) < 4.78 is 1.74. The molecular weight excluding hydrogens is 376 g/mol. The molecule has 0 radical (unpaired) electrons. The van der Waals surface area contributed by atoms with Crippen LogP contribution in [0.2, 0.25) is 0 Å². The SMILES string of the molecule is Cc1ccc2c(C(=O)NC3CCC(C(=O)N4Cc5ccccc5C4)CC3)cnn2c1. The van der Waals surface area contributed by atoms with Crippen molar-refractivity contribution in [3.63, 3.8) is 0 Å². The van der Waals surface area contributed by atoms with Gasteiger partial charge in [-0.3, -0.25) is 9.59 Å². The average molecular weight is 402 g/mol. The van der Waals surface area contributed by atoms with E-state index in [4.69, 9.17) is 0 Å². The van der Waals surface area contributed by atoms with E-state index in [2.05, 4.69) is 22.5 Å². The van der Waals surface area contributed by atoms with Gasteiger partial charge >= 0.3 is 0 Å². The number of pyridine rings is 1. The van der Waals surface area contributed by atoms with E-state index >= 15 is 0 Å². The zero-order valence-electron chi connectivity index (χ0n) is 17.2. The van der Waals surface area contributed by atoms with Gasteiger partial charge in [-0.05, 0) is 55.4 Å². The molecule has 5 rings (SSSR count). The number of aromatic nitrogens is 2. The van der Waals surface area contributed by atoms with Crippen molar-refractivity contribution in [2.75, 3.05) is 0 Å². The van der Waals surface area contributed by atoms with E-state index in [9.17, 15) is 9.59 Å². The van der Waals surface area contributed by atoms with E-state index in [1.807, 2.05) is 42.3 Å². The molecule has 6 heteroatoms. The molecule has 1 aliphatic carbocycles. The molecule has 1 aromatic carbocycles. The maximum atomic E-state index is 13.0. The molecule has 2 amide bonds. The van der Waals surface area contributed by atoms with Crippen molar-refractivity contribution in [3.8, 4) is 0 Å². The molecule has 2 aromatic heterocycles. The van der Waals surface area contributed by atoms with E-state index in [0.717, 1.165) is 49.9 Å². The number of rotatable bonds is 3. The summed E-state index contributed by atoms with van der Waals surface area (Å²) in [5.41, 5.74) is 5.03. The fourth-order valence-corrected chi connectivity index (χ4v) is 4.76. The summed E-state index contributed by atoms with van der Waals surface area (Å²) in [6.07, 6.45) is 6.86. The smallest absolute Gasteiger partial charge is 0.255 e. The van der Waals surface area contributed by atoms with Crippen molar-refractivity contribution in [3.05, 3.63) is 71.0 Å². The number of nitrogens with one attached hydrogen (secondary N) is 1. The van der Waals surface area contributed by atoms with Gasteiger partial charge in [0.2, 0.25) is 5.91 Å². The standard InChI is InChI=1S/C24H26N4O2/c1-16-6-11-22-21(12-25-28(22)13-16)23(29)26-20-9-7-17(8-10-20)24(30)27-14-18-4-2-3-5-19(18)15-27/h2-6,11-13,17,20H,7-10,14-15H2,1H3,(H,26,29). The van der Waals surface area contributed by atoms with Crippen LogP contribution >= 0.6 is 0 Å². The molecule has 30 heavy (non-hydrogen) atoms. The minimum Gasteiger partial charge on any atom is -0.349 e.